The van der Waals surface area contributed by atoms with Crippen molar-refractivity contribution >= 4 is 5.91 Å². The molecule has 26 heavy (non-hydrogen) atoms. The lowest BCUT2D eigenvalue weighted by atomic mass is 10.2. The maximum absolute atomic E-state index is 12.6. The summed E-state index contributed by atoms with van der Waals surface area (Å²) in [6.07, 6.45) is 1.92. The van der Waals surface area contributed by atoms with Gasteiger partial charge in [-0.2, -0.15) is 10.1 Å². The van der Waals surface area contributed by atoms with E-state index in [1.54, 1.807) is 11.1 Å². The fraction of sp³-hybridized carbons (Fsp3) is 0.222. The number of carbonyl (C=O) groups is 1. The van der Waals surface area contributed by atoms with E-state index in [0.29, 0.717) is 18.9 Å². The van der Waals surface area contributed by atoms with Crippen LogP contribution in [0.2, 0.25) is 0 Å². The summed E-state index contributed by atoms with van der Waals surface area (Å²) in [5.41, 5.74) is 1.59. The van der Waals surface area contributed by atoms with Crippen LogP contribution in [0.4, 0.5) is 0 Å². The summed E-state index contributed by atoms with van der Waals surface area (Å²) in [4.78, 5) is 19.7. The molecule has 130 valence electrons. The van der Waals surface area contributed by atoms with Crippen molar-refractivity contribution in [3.05, 3.63) is 60.4 Å². The van der Waals surface area contributed by atoms with Gasteiger partial charge in [0.15, 0.2) is 0 Å². The van der Waals surface area contributed by atoms with E-state index in [4.69, 9.17) is 5.26 Å². The number of hydrogen-bond donors (Lipinski definition) is 0. The van der Waals surface area contributed by atoms with E-state index in [2.05, 4.69) is 26.5 Å². The molecule has 0 spiro atoms. The molecular weight excluding hydrogens is 330 g/mol. The highest BCUT2D eigenvalue weighted by Gasteiger charge is 2.17. The largest absolute Gasteiger partial charge is 0.334 e. The quantitative estimate of drug-likeness (QED) is 0.644. The fourth-order valence-electron chi connectivity index (χ4n) is 2.40. The number of pyridine rings is 1. The smallest absolute Gasteiger partial charge is 0.246 e. The van der Waals surface area contributed by atoms with Gasteiger partial charge in [0.2, 0.25) is 11.7 Å². The van der Waals surface area contributed by atoms with Crippen molar-refractivity contribution in [2.75, 3.05) is 6.54 Å². The lowest BCUT2D eigenvalue weighted by Gasteiger charge is -2.20. The molecule has 0 aliphatic rings. The van der Waals surface area contributed by atoms with Gasteiger partial charge in [-0.3, -0.25) is 9.78 Å². The van der Waals surface area contributed by atoms with Gasteiger partial charge < -0.3 is 4.90 Å². The second kappa shape index (κ2) is 8.48. The molecule has 0 unspecified atom stereocenters. The SMILES string of the molecule is N#CCCN(Cc1ccccn1)C(=O)Cn1nnc(-c2ccccc2)n1. The van der Waals surface area contributed by atoms with E-state index in [9.17, 15) is 4.79 Å². The van der Waals surface area contributed by atoms with Crippen molar-refractivity contribution in [1.29, 1.82) is 5.26 Å². The molecule has 1 aromatic carbocycles. The number of tetrazole rings is 1. The summed E-state index contributed by atoms with van der Waals surface area (Å²) in [7, 11) is 0. The molecule has 2 aromatic heterocycles. The van der Waals surface area contributed by atoms with Gasteiger partial charge in [0.25, 0.3) is 0 Å². The topological polar surface area (TPSA) is 101 Å². The average Bonchev–Trinajstić information content (AvgIpc) is 3.15. The van der Waals surface area contributed by atoms with Crippen molar-refractivity contribution in [2.45, 2.75) is 19.5 Å². The van der Waals surface area contributed by atoms with Crippen LogP contribution in [-0.2, 0) is 17.9 Å². The summed E-state index contributed by atoms with van der Waals surface area (Å²) in [6, 6.07) is 17.0. The normalized spacial score (nSPS) is 10.3. The monoisotopic (exact) mass is 347 g/mol. The molecule has 0 radical (unpaired) electrons. The van der Waals surface area contributed by atoms with E-state index >= 15 is 0 Å². The third kappa shape index (κ3) is 4.48. The molecular formula is C18H17N7O. The van der Waals surface area contributed by atoms with Gasteiger partial charge >= 0.3 is 0 Å². The molecule has 1 amide bonds. The lowest BCUT2D eigenvalue weighted by Crippen LogP contribution is -2.35. The van der Waals surface area contributed by atoms with Gasteiger partial charge in [-0.15, -0.1) is 10.2 Å². The molecule has 0 saturated heterocycles. The Bertz CT molecular complexity index is 887. The molecule has 0 aliphatic heterocycles. The number of amides is 1. The minimum atomic E-state index is -0.192. The lowest BCUT2D eigenvalue weighted by molar-refractivity contribution is -0.132. The zero-order valence-electron chi connectivity index (χ0n) is 14.1. The first-order chi connectivity index (χ1) is 12.8. The first kappa shape index (κ1) is 17.2. The fourth-order valence-corrected chi connectivity index (χ4v) is 2.40. The van der Waals surface area contributed by atoms with E-state index in [1.807, 2.05) is 48.5 Å². The average molecular weight is 347 g/mol. The third-order valence-corrected chi connectivity index (χ3v) is 3.69. The van der Waals surface area contributed by atoms with Crippen LogP contribution in [0.15, 0.2) is 54.7 Å². The summed E-state index contributed by atoms with van der Waals surface area (Å²) in [5, 5.41) is 21.0. The second-order valence-electron chi connectivity index (χ2n) is 5.55. The Hall–Kier alpha value is -3.60. The molecule has 3 rings (SSSR count). The molecule has 3 aromatic rings. The van der Waals surface area contributed by atoms with Crippen molar-refractivity contribution in [1.82, 2.24) is 30.1 Å². The van der Waals surface area contributed by atoms with Gasteiger partial charge in [0.1, 0.15) is 6.54 Å². The van der Waals surface area contributed by atoms with Crippen LogP contribution in [0.5, 0.6) is 0 Å². The number of aromatic nitrogens is 5. The van der Waals surface area contributed by atoms with Gasteiger partial charge in [-0.1, -0.05) is 36.4 Å². The predicted molar refractivity (Wildman–Crippen MR) is 93.1 cm³/mol. The highest BCUT2D eigenvalue weighted by atomic mass is 16.2. The Balaban J connectivity index is 1.69. The molecule has 0 atom stereocenters. The zero-order valence-corrected chi connectivity index (χ0v) is 14.1. The summed E-state index contributed by atoms with van der Waals surface area (Å²) in [6.45, 7) is 0.617. The van der Waals surface area contributed by atoms with E-state index in [0.717, 1.165) is 11.3 Å². The standard InChI is InChI=1S/C18H17N7O/c19-10-6-12-24(13-16-9-4-5-11-20-16)17(26)14-25-22-18(21-23-25)15-7-2-1-3-8-15/h1-5,7-9,11H,6,12-14H2. The summed E-state index contributed by atoms with van der Waals surface area (Å²) < 4.78 is 0. The number of nitrogens with zero attached hydrogens (tertiary/aromatic N) is 7. The van der Waals surface area contributed by atoms with Crippen LogP contribution in [0.3, 0.4) is 0 Å². The van der Waals surface area contributed by atoms with Gasteiger partial charge in [-0.25, -0.2) is 0 Å². The van der Waals surface area contributed by atoms with Crippen molar-refractivity contribution in [3.8, 4) is 17.5 Å². The number of carbonyl (C=O) groups excluding carboxylic acids is 1. The Morgan fingerprint density at radius 2 is 1.96 bits per heavy atom. The van der Waals surface area contributed by atoms with E-state index < -0.39 is 0 Å². The molecule has 0 aliphatic carbocycles. The van der Waals surface area contributed by atoms with Crippen LogP contribution >= 0.6 is 0 Å². The van der Waals surface area contributed by atoms with Crippen LogP contribution < -0.4 is 0 Å². The van der Waals surface area contributed by atoms with Crippen molar-refractivity contribution in [2.24, 2.45) is 0 Å². The maximum Gasteiger partial charge on any atom is 0.246 e. The Morgan fingerprint density at radius 3 is 2.69 bits per heavy atom. The van der Waals surface area contributed by atoms with Crippen LogP contribution in [0.25, 0.3) is 11.4 Å². The van der Waals surface area contributed by atoms with E-state index in [-0.39, 0.29) is 18.9 Å². The van der Waals surface area contributed by atoms with E-state index in [1.165, 1.54) is 4.80 Å². The van der Waals surface area contributed by atoms with Gasteiger partial charge in [0.05, 0.1) is 24.7 Å². The van der Waals surface area contributed by atoms with Crippen molar-refractivity contribution < 1.29 is 4.79 Å². The third-order valence-electron chi connectivity index (χ3n) is 3.69. The Morgan fingerprint density at radius 1 is 1.15 bits per heavy atom. The number of nitriles is 1. The first-order valence-electron chi connectivity index (χ1n) is 8.14. The van der Waals surface area contributed by atoms with Crippen LogP contribution in [-0.4, -0.2) is 42.5 Å². The van der Waals surface area contributed by atoms with Crippen LogP contribution in [0, 0.1) is 11.3 Å². The molecule has 0 N–H and O–H groups in total. The molecule has 0 fully saturated rings. The Labute approximate surface area is 150 Å². The molecule has 8 heteroatoms. The minimum Gasteiger partial charge on any atom is -0.334 e. The molecule has 0 saturated carbocycles. The molecule has 2 heterocycles. The molecule has 8 nitrogen and oxygen atoms in total. The summed E-state index contributed by atoms with van der Waals surface area (Å²) >= 11 is 0. The summed E-state index contributed by atoms with van der Waals surface area (Å²) in [5.74, 6) is 0.273. The zero-order chi connectivity index (χ0) is 18.2. The highest BCUT2D eigenvalue weighted by Crippen LogP contribution is 2.12. The van der Waals surface area contributed by atoms with Gasteiger partial charge in [0, 0.05) is 18.3 Å². The van der Waals surface area contributed by atoms with Gasteiger partial charge in [-0.05, 0) is 17.3 Å². The predicted octanol–water partition coefficient (Wildman–Crippen LogP) is 1.68. The molecule has 0 bridgehead atoms. The maximum atomic E-state index is 12.6. The number of hydrogen-bond acceptors (Lipinski definition) is 6. The second-order valence-corrected chi connectivity index (χ2v) is 5.55. The van der Waals surface area contributed by atoms with Crippen LogP contribution in [0.1, 0.15) is 12.1 Å². The number of rotatable bonds is 7. The minimum absolute atomic E-state index is 0.0436. The Kier molecular flexibility index (Phi) is 5.62. The van der Waals surface area contributed by atoms with Crippen molar-refractivity contribution in [3.63, 3.8) is 0 Å². The highest BCUT2D eigenvalue weighted by molar-refractivity contribution is 5.75. The number of benzene rings is 1. The first-order valence-corrected chi connectivity index (χ1v) is 8.14.